The standard InChI is InChI=1S/C14H24O2/c1-9-7-10(2)13(8-9)11-3-5-12(6-4-11)14(15)16/h9-13H,3-8H2,1-2H3,(H,15,16). The van der Waals surface area contributed by atoms with E-state index in [9.17, 15) is 4.79 Å². The molecule has 2 fully saturated rings. The summed E-state index contributed by atoms with van der Waals surface area (Å²) in [5.74, 6) is 2.82. The Morgan fingerprint density at radius 1 is 1.06 bits per heavy atom. The van der Waals surface area contributed by atoms with E-state index in [-0.39, 0.29) is 5.92 Å². The summed E-state index contributed by atoms with van der Waals surface area (Å²) in [6, 6.07) is 0. The predicted octanol–water partition coefficient (Wildman–Crippen LogP) is 3.56. The van der Waals surface area contributed by atoms with Crippen molar-refractivity contribution in [2.75, 3.05) is 0 Å². The van der Waals surface area contributed by atoms with Crippen LogP contribution in [0.1, 0.15) is 52.4 Å². The zero-order chi connectivity index (χ0) is 11.7. The smallest absolute Gasteiger partial charge is 0.306 e. The summed E-state index contributed by atoms with van der Waals surface area (Å²) in [7, 11) is 0. The molecule has 2 rings (SSSR count). The Morgan fingerprint density at radius 2 is 1.69 bits per heavy atom. The topological polar surface area (TPSA) is 37.3 Å². The van der Waals surface area contributed by atoms with Gasteiger partial charge >= 0.3 is 5.97 Å². The fraction of sp³-hybridized carbons (Fsp3) is 0.929. The van der Waals surface area contributed by atoms with Gasteiger partial charge in [-0.2, -0.15) is 0 Å². The highest BCUT2D eigenvalue weighted by atomic mass is 16.4. The summed E-state index contributed by atoms with van der Waals surface area (Å²) in [6.45, 7) is 4.75. The highest BCUT2D eigenvalue weighted by Crippen LogP contribution is 2.45. The molecule has 0 spiro atoms. The van der Waals surface area contributed by atoms with Gasteiger partial charge in [-0.3, -0.25) is 4.79 Å². The molecule has 0 aromatic carbocycles. The third-order valence-electron chi connectivity index (χ3n) is 4.91. The highest BCUT2D eigenvalue weighted by Gasteiger charge is 2.37. The van der Waals surface area contributed by atoms with Gasteiger partial charge in [0, 0.05) is 0 Å². The van der Waals surface area contributed by atoms with Crippen molar-refractivity contribution >= 4 is 5.97 Å². The second-order valence-corrected chi connectivity index (χ2v) is 6.17. The van der Waals surface area contributed by atoms with Gasteiger partial charge in [-0.05, 0) is 62.2 Å². The molecule has 2 saturated carbocycles. The predicted molar refractivity (Wildman–Crippen MR) is 64.1 cm³/mol. The first-order valence-electron chi connectivity index (χ1n) is 6.80. The number of hydrogen-bond donors (Lipinski definition) is 1. The molecule has 2 nitrogen and oxygen atoms in total. The maximum Gasteiger partial charge on any atom is 0.306 e. The lowest BCUT2D eigenvalue weighted by atomic mass is 9.73. The summed E-state index contributed by atoms with van der Waals surface area (Å²) >= 11 is 0. The summed E-state index contributed by atoms with van der Waals surface area (Å²) in [5.41, 5.74) is 0. The SMILES string of the molecule is CC1CC(C)C(C2CCC(C(=O)O)CC2)C1. The molecule has 0 aromatic rings. The molecule has 0 radical (unpaired) electrons. The molecule has 0 amide bonds. The Kier molecular flexibility index (Phi) is 3.56. The zero-order valence-electron chi connectivity index (χ0n) is 10.5. The number of rotatable bonds is 2. The van der Waals surface area contributed by atoms with Gasteiger partial charge < -0.3 is 5.11 Å². The van der Waals surface area contributed by atoms with Crippen LogP contribution in [0.3, 0.4) is 0 Å². The van der Waals surface area contributed by atoms with Crippen LogP contribution < -0.4 is 0 Å². The van der Waals surface area contributed by atoms with E-state index < -0.39 is 5.97 Å². The van der Waals surface area contributed by atoms with Gasteiger partial charge in [0.15, 0.2) is 0 Å². The quantitative estimate of drug-likeness (QED) is 0.778. The maximum atomic E-state index is 10.9. The molecule has 2 heteroatoms. The van der Waals surface area contributed by atoms with E-state index in [1.54, 1.807) is 0 Å². The first-order chi connectivity index (χ1) is 7.58. The lowest BCUT2D eigenvalue weighted by Gasteiger charge is -2.32. The third kappa shape index (κ3) is 2.41. The van der Waals surface area contributed by atoms with Crippen LogP contribution in [0.25, 0.3) is 0 Å². The van der Waals surface area contributed by atoms with Crippen molar-refractivity contribution in [3.05, 3.63) is 0 Å². The van der Waals surface area contributed by atoms with Crippen molar-refractivity contribution in [1.82, 2.24) is 0 Å². The highest BCUT2D eigenvalue weighted by molar-refractivity contribution is 5.69. The summed E-state index contributed by atoms with van der Waals surface area (Å²) in [6.07, 6.45) is 6.89. The number of carbonyl (C=O) groups is 1. The van der Waals surface area contributed by atoms with Crippen molar-refractivity contribution < 1.29 is 9.90 Å². The van der Waals surface area contributed by atoms with Gasteiger partial charge in [0.05, 0.1) is 5.92 Å². The van der Waals surface area contributed by atoms with Crippen LogP contribution in [0.15, 0.2) is 0 Å². The first-order valence-corrected chi connectivity index (χ1v) is 6.80. The van der Waals surface area contributed by atoms with E-state index in [0.717, 1.165) is 49.4 Å². The average Bonchev–Trinajstić information content (AvgIpc) is 2.58. The maximum absolute atomic E-state index is 10.9. The molecule has 0 aromatic heterocycles. The number of aliphatic carboxylic acids is 1. The Balaban J connectivity index is 1.87. The molecule has 2 aliphatic rings. The fourth-order valence-corrected chi connectivity index (χ4v) is 4.05. The molecule has 1 N–H and O–H groups in total. The van der Waals surface area contributed by atoms with Crippen LogP contribution in [0, 0.1) is 29.6 Å². The summed E-state index contributed by atoms with van der Waals surface area (Å²) in [4.78, 5) is 10.9. The van der Waals surface area contributed by atoms with E-state index in [4.69, 9.17) is 5.11 Å². The molecule has 16 heavy (non-hydrogen) atoms. The van der Waals surface area contributed by atoms with E-state index in [1.807, 2.05) is 0 Å². The molecule has 2 aliphatic carbocycles. The normalized spacial score (nSPS) is 44.5. The van der Waals surface area contributed by atoms with Gasteiger partial charge in [-0.25, -0.2) is 0 Å². The van der Waals surface area contributed by atoms with Crippen LogP contribution in [0.2, 0.25) is 0 Å². The molecular formula is C14H24O2. The Bertz CT molecular complexity index is 253. The monoisotopic (exact) mass is 224 g/mol. The Morgan fingerprint density at radius 3 is 2.12 bits per heavy atom. The molecule has 0 heterocycles. The fourth-order valence-electron chi connectivity index (χ4n) is 4.05. The molecule has 3 unspecified atom stereocenters. The van der Waals surface area contributed by atoms with Crippen LogP contribution in [-0.2, 0) is 4.79 Å². The molecule has 92 valence electrons. The number of carboxylic acid groups (broad SMARTS) is 1. The van der Waals surface area contributed by atoms with Crippen molar-refractivity contribution in [3.8, 4) is 0 Å². The summed E-state index contributed by atoms with van der Waals surface area (Å²) in [5, 5.41) is 8.98. The van der Waals surface area contributed by atoms with Crippen molar-refractivity contribution in [1.29, 1.82) is 0 Å². The molecule has 0 bridgehead atoms. The largest absolute Gasteiger partial charge is 0.481 e. The average molecular weight is 224 g/mol. The Hall–Kier alpha value is -0.530. The molecule has 3 atom stereocenters. The minimum atomic E-state index is -0.578. The van der Waals surface area contributed by atoms with Gasteiger partial charge in [-0.1, -0.05) is 13.8 Å². The summed E-state index contributed by atoms with van der Waals surface area (Å²) < 4.78 is 0. The number of carboxylic acids is 1. The Labute approximate surface area is 98.4 Å². The van der Waals surface area contributed by atoms with E-state index in [0.29, 0.717) is 0 Å². The van der Waals surface area contributed by atoms with Gasteiger partial charge in [0.25, 0.3) is 0 Å². The van der Waals surface area contributed by atoms with Crippen LogP contribution in [0.5, 0.6) is 0 Å². The minimum Gasteiger partial charge on any atom is -0.481 e. The van der Waals surface area contributed by atoms with Crippen molar-refractivity contribution in [2.24, 2.45) is 29.6 Å². The van der Waals surface area contributed by atoms with Crippen molar-refractivity contribution in [3.63, 3.8) is 0 Å². The number of hydrogen-bond acceptors (Lipinski definition) is 1. The molecule has 0 saturated heterocycles. The minimum absolute atomic E-state index is 0.0506. The molecule has 0 aliphatic heterocycles. The second-order valence-electron chi connectivity index (χ2n) is 6.17. The zero-order valence-corrected chi connectivity index (χ0v) is 10.5. The molecular weight excluding hydrogens is 200 g/mol. The second kappa shape index (κ2) is 4.77. The third-order valence-corrected chi connectivity index (χ3v) is 4.91. The van der Waals surface area contributed by atoms with Gasteiger partial charge in [-0.15, -0.1) is 0 Å². The van der Waals surface area contributed by atoms with Crippen molar-refractivity contribution in [2.45, 2.75) is 52.4 Å². The lowest BCUT2D eigenvalue weighted by Crippen LogP contribution is -2.26. The van der Waals surface area contributed by atoms with Crippen LogP contribution in [0.4, 0.5) is 0 Å². The van der Waals surface area contributed by atoms with Crippen LogP contribution in [-0.4, -0.2) is 11.1 Å². The first kappa shape index (κ1) is 11.9. The van der Waals surface area contributed by atoms with E-state index >= 15 is 0 Å². The van der Waals surface area contributed by atoms with Crippen LogP contribution >= 0.6 is 0 Å². The lowest BCUT2D eigenvalue weighted by molar-refractivity contribution is -0.143. The van der Waals surface area contributed by atoms with E-state index in [2.05, 4.69) is 13.8 Å². The van der Waals surface area contributed by atoms with Gasteiger partial charge in [0.1, 0.15) is 0 Å². The van der Waals surface area contributed by atoms with E-state index in [1.165, 1.54) is 12.8 Å². The van der Waals surface area contributed by atoms with Gasteiger partial charge in [0.2, 0.25) is 0 Å².